The Labute approximate surface area is 148 Å². The van der Waals surface area contributed by atoms with E-state index < -0.39 is 11.8 Å². The monoisotopic (exact) mass is 347 g/mol. The lowest BCUT2D eigenvalue weighted by Crippen LogP contribution is -3.05. The number of nitrogens with zero attached hydrogens (tertiary/aromatic N) is 1. The molecule has 0 unspecified atom stereocenters. The molecule has 1 aliphatic rings. The van der Waals surface area contributed by atoms with Gasteiger partial charge in [-0.05, 0) is 30.5 Å². The summed E-state index contributed by atoms with van der Waals surface area (Å²) in [5, 5.41) is 5.23. The summed E-state index contributed by atoms with van der Waals surface area (Å²) in [6.07, 6.45) is 2.64. The number of fused-ring (bicyclic) bond motifs is 1. The molecule has 0 fully saturated rings. The van der Waals surface area contributed by atoms with Gasteiger partial charge in [-0.15, -0.1) is 0 Å². The average molecular weight is 347 g/mol. The van der Waals surface area contributed by atoms with E-state index >= 15 is 0 Å². The second kappa shape index (κ2) is 8.62. The van der Waals surface area contributed by atoms with Gasteiger partial charge in [0, 0.05) is 37.8 Å². The fourth-order valence-electron chi connectivity index (χ4n) is 2.89. The van der Waals surface area contributed by atoms with Crippen molar-refractivity contribution in [1.29, 1.82) is 0 Å². The molecule has 7 nitrogen and oxygen atoms in total. The first-order valence-electron chi connectivity index (χ1n) is 8.67. The Balaban J connectivity index is 1.96. The number of hydrogen-bond acceptors (Lipinski definition) is 3. The molecule has 0 saturated heterocycles. The van der Waals surface area contributed by atoms with Gasteiger partial charge in [-0.1, -0.05) is 6.07 Å². The van der Waals surface area contributed by atoms with Gasteiger partial charge in [-0.2, -0.15) is 0 Å². The van der Waals surface area contributed by atoms with Gasteiger partial charge in [-0.25, -0.2) is 0 Å². The zero-order chi connectivity index (χ0) is 18.4. The summed E-state index contributed by atoms with van der Waals surface area (Å²) in [5.41, 5.74) is 2.41. The molecule has 0 atom stereocenters. The van der Waals surface area contributed by atoms with E-state index in [-0.39, 0.29) is 5.91 Å². The highest BCUT2D eigenvalue weighted by molar-refractivity contribution is 6.39. The maximum atomic E-state index is 12.0. The number of benzene rings is 1. The third kappa shape index (κ3) is 5.29. The van der Waals surface area contributed by atoms with Gasteiger partial charge in [-0.3, -0.25) is 14.4 Å². The van der Waals surface area contributed by atoms with Crippen molar-refractivity contribution in [2.75, 3.05) is 43.9 Å². The Morgan fingerprint density at radius 1 is 1.20 bits per heavy atom. The summed E-state index contributed by atoms with van der Waals surface area (Å²) in [6, 6.07) is 5.43. The van der Waals surface area contributed by atoms with Crippen LogP contribution in [0, 0.1) is 0 Å². The first-order chi connectivity index (χ1) is 11.9. The molecule has 0 saturated carbocycles. The minimum atomic E-state index is -0.692. The second-order valence-corrected chi connectivity index (χ2v) is 6.64. The minimum absolute atomic E-state index is 0.0230. The van der Waals surface area contributed by atoms with Crippen molar-refractivity contribution in [2.45, 2.75) is 26.2 Å². The third-order valence-electron chi connectivity index (χ3n) is 4.19. The SMILES string of the molecule is CC(=O)N1CCCc2ccc(NC(=O)C(=O)NCCC[NH+](C)C)cc21. The molecule has 0 aliphatic carbocycles. The van der Waals surface area contributed by atoms with Crippen molar-refractivity contribution in [2.24, 2.45) is 0 Å². The number of rotatable bonds is 5. The van der Waals surface area contributed by atoms with Crippen molar-refractivity contribution in [3.05, 3.63) is 23.8 Å². The Morgan fingerprint density at radius 3 is 2.64 bits per heavy atom. The van der Waals surface area contributed by atoms with E-state index in [0.717, 1.165) is 37.1 Å². The molecule has 7 heteroatoms. The maximum Gasteiger partial charge on any atom is 0.313 e. The number of hydrogen-bond donors (Lipinski definition) is 3. The Hall–Kier alpha value is -2.41. The molecule has 2 rings (SSSR count). The number of carbonyl (C=O) groups is 3. The second-order valence-electron chi connectivity index (χ2n) is 6.64. The van der Waals surface area contributed by atoms with E-state index in [2.05, 4.69) is 10.6 Å². The van der Waals surface area contributed by atoms with E-state index in [9.17, 15) is 14.4 Å². The predicted molar refractivity (Wildman–Crippen MR) is 96.7 cm³/mol. The zero-order valence-corrected chi connectivity index (χ0v) is 15.1. The molecule has 1 aromatic carbocycles. The van der Waals surface area contributed by atoms with Crippen LogP contribution in [0.5, 0.6) is 0 Å². The molecule has 1 heterocycles. The quantitative estimate of drug-likeness (QED) is 0.500. The molecular formula is C18H27N4O3+. The van der Waals surface area contributed by atoms with Gasteiger partial charge in [0.1, 0.15) is 0 Å². The predicted octanol–water partition coefficient (Wildman–Crippen LogP) is -0.425. The number of amides is 3. The van der Waals surface area contributed by atoms with Gasteiger partial charge < -0.3 is 20.4 Å². The molecule has 136 valence electrons. The van der Waals surface area contributed by atoms with Crippen LogP contribution in [0.1, 0.15) is 25.3 Å². The van der Waals surface area contributed by atoms with Crippen LogP contribution in [0.15, 0.2) is 18.2 Å². The van der Waals surface area contributed by atoms with Gasteiger partial charge in [0.25, 0.3) is 0 Å². The maximum absolute atomic E-state index is 12.0. The van der Waals surface area contributed by atoms with Crippen LogP contribution < -0.4 is 20.4 Å². The highest BCUT2D eigenvalue weighted by atomic mass is 16.2. The van der Waals surface area contributed by atoms with E-state index in [1.54, 1.807) is 17.0 Å². The number of aryl methyl sites for hydroxylation is 1. The average Bonchev–Trinajstić information content (AvgIpc) is 2.57. The highest BCUT2D eigenvalue weighted by Crippen LogP contribution is 2.30. The molecular weight excluding hydrogens is 320 g/mol. The fraction of sp³-hybridized carbons (Fsp3) is 0.500. The molecule has 0 aromatic heterocycles. The molecule has 1 aliphatic heterocycles. The van der Waals surface area contributed by atoms with Gasteiger partial charge in [0.15, 0.2) is 0 Å². The first kappa shape index (κ1) is 18.9. The van der Waals surface area contributed by atoms with Crippen molar-refractivity contribution in [1.82, 2.24) is 5.32 Å². The van der Waals surface area contributed by atoms with Crippen molar-refractivity contribution in [3.8, 4) is 0 Å². The summed E-state index contributed by atoms with van der Waals surface area (Å²) in [4.78, 5) is 38.6. The fourth-order valence-corrected chi connectivity index (χ4v) is 2.89. The van der Waals surface area contributed by atoms with Crippen LogP contribution in [0.2, 0.25) is 0 Å². The van der Waals surface area contributed by atoms with Gasteiger partial charge in [0.05, 0.1) is 20.6 Å². The van der Waals surface area contributed by atoms with Crippen molar-refractivity contribution >= 4 is 29.1 Å². The zero-order valence-electron chi connectivity index (χ0n) is 15.1. The summed E-state index contributed by atoms with van der Waals surface area (Å²) >= 11 is 0. The summed E-state index contributed by atoms with van der Waals surface area (Å²) in [6.45, 7) is 3.60. The lowest BCUT2D eigenvalue weighted by molar-refractivity contribution is -0.858. The summed E-state index contributed by atoms with van der Waals surface area (Å²) < 4.78 is 0. The third-order valence-corrected chi connectivity index (χ3v) is 4.19. The molecule has 25 heavy (non-hydrogen) atoms. The van der Waals surface area contributed by atoms with Gasteiger partial charge in [0.2, 0.25) is 5.91 Å². The number of quaternary nitrogens is 1. The molecule has 3 amide bonds. The molecule has 1 aromatic rings. The smallest absolute Gasteiger partial charge is 0.313 e. The number of carbonyl (C=O) groups excluding carboxylic acids is 3. The van der Waals surface area contributed by atoms with Crippen LogP contribution in [-0.4, -0.2) is 51.5 Å². The lowest BCUT2D eigenvalue weighted by Gasteiger charge is -2.29. The van der Waals surface area contributed by atoms with Crippen LogP contribution in [0.3, 0.4) is 0 Å². The minimum Gasteiger partial charge on any atom is -0.348 e. The molecule has 3 N–H and O–H groups in total. The number of anilines is 2. The molecule has 0 spiro atoms. The van der Waals surface area contributed by atoms with Gasteiger partial charge >= 0.3 is 11.8 Å². The van der Waals surface area contributed by atoms with Crippen LogP contribution in [-0.2, 0) is 20.8 Å². The Morgan fingerprint density at radius 2 is 1.96 bits per heavy atom. The largest absolute Gasteiger partial charge is 0.348 e. The van der Waals surface area contributed by atoms with Crippen molar-refractivity contribution < 1.29 is 19.3 Å². The van der Waals surface area contributed by atoms with Crippen molar-refractivity contribution in [3.63, 3.8) is 0 Å². The molecule has 0 bridgehead atoms. The van der Waals surface area contributed by atoms with E-state index in [4.69, 9.17) is 0 Å². The topological polar surface area (TPSA) is 83.0 Å². The summed E-state index contributed by atoms with van der Waals surface area (Å²) in [7, 11) is 4.07. The Kier molecular flexibility index (Phi) is 6.52. The van der Waals surface area contributed by atoms with E-state index in [1.807, 2.05) is 20.2 Å². The molecule has 0 radical (unpaired) electrons. The van der Waals surface area contributed by atoms with E-state index in [0.29, 0.717) is 18.8 Å². The van der Waals surface area contributed by atoms with Crippen LogP contribution in [0.25, 0.3) is 0 Å². The summed E-state index contributed by atoms with van der Waals surface area (Å²) in [5.74, 6) is -1.36. The normalized spacial score (nSPS) is 13.4. The lowest BCUT2D eigenvalue weighted by atomic mass is 10.0. The van der Waals surface area contributed by atoms with E-state index in [1.165, 1.54) is 11.8 Å². The standard InChI is InChI=1S/C18H26N4O3/c1-13(23)22-11-4-6-14-7-8-15(12-16(14)22)20-18(25)17(24)19-9-5-10-21(2)3/h7-8,12H,4-6,9-11H2,1-3H3,(H,19,24)(H,20,25)/p+1. The Bertz CT molecular complexity index is 658. The van der Waals surface area contributed by atoms with Crippen LogP contribution in [0.4, 0.5) is 11.4 Å². The van der Waals surface area contributed by atoms with Crippen LogP contribution >= 0.6 is 0 Å². The highest BCUT2D eigenvalue weighted by Gasteiger charge is 2.21. The number of nitrogens with one attached hydrogen (secondary N) is 3. The first-order valence-corrected chi connectivity index (χ1v) is 8.67.